The molecule has 1 N–H and O–H groups in total. The fourth-order valence-electron chi connectivity index (χ4n) is 1.81. The molecule has 6 heteroatoms. The van der Waals surface area contributed by atoms with Crippen molar-refractivity contribution < 1.29 is 5.11 Å². The Morgan fingerprint density at radius 1 is 1.39 bits per heavy atom. The van der Waals surface area contributed by atoms with Crippen molar-refractivity contribution in [3.8, 4) is 0 Å². The first-order chi connectivity index (χ1) is 8.63. The predicted octanol–water partition coefficient (Wildman–Crippen LogP) is 1.07. The van der Waals surface area contributed by atoms with Crippen molar-refractivity contribution in [2.24, 2.45) is 7.05 Å². The van der Waals surface area contributed by atoms with Gasteiger partial charge in [0.25, 0.3) is 0 Å². The van der Waals surface area contributed by atoms with Gasteiger partial charge in [-0.3, -0.25) is 4.68 Å². The maximum absolute atomic E-state index is 9.67. The minimum Gasteiger partial charge on any atom is -0.387 e. The molecule has 0 aliphatic heterocycles. The molecule has 0 spiro atoms. The van der Waals surface area contributed by atoms with Crippen LogP contribution in [0.5, 0.6) is 0 Å². The third-order valence-corrected chi connectivity index (χ3v) is 3.00. The van der Waals surface area contributed by atoms with Crippen molar-refractivity contribution >= 4 is 0 Å². The van der Waals surface area contributed by atoms with Gasteiger partial charge in [-0.25, -0.2) is 4.68 Å². The van der Waals surface area contributed by atoms with E-state index >= 15 is 0 Å². The maximum atomic E-state index is 9.67. The molecule has 0 bridgehead atoms. The van der Waals surface area contributed by atoms with Gasteiger partial charge in [-0.15, -0.1) is 5.10 Å². The summed E-state index contributed by atoms with van der Waals surface area (Å²) in [7, 11) is 1.92. The Kier molecular flexibility index (Phi) is 3.76. The Bertz CT molecular complexity index is 516. The standard InChI is InChI=1S/C12H19N5O/c1-4-9-6-10(16(3)14-9)7-17-8-11(13-15-17)12(18)5-2/h6,8,12,18H,4-5,7H2,1-3H3. The topological polar surface area (TPSA) is 68.8 Å². The van der Waals surface area contributed by atoms with Crippen molar-refractivity contribution in [3.05, 3.63) is 29.3 Å². The molecule has 0 saturated heterocycles. The summed E-state index contributed by atoms with van der Waals surface area (Å²) in [5, 5.41) is 22.1. The average molecular weight is 249 g/mol. The van der Waals surface area contributed by atoms with E-state index in [9.17, 15) is 5.11 Å². The second-order valence-corrected chi connectivity index (χ2v) is 4.37. The molecule has 0 aromatic carbocycles. The lowest BCUT2D eigenvalue weighted by Crippen LogP contribution is -2.06. The quantitative estimate of drug-likeness (QED) is 0.860. The highest BCUT2D eigenvalue weighted by Crippen LogP contribution is 2.13. The van der Waals surface area contributed by atoms with Gasteiger partial charge in [0, 0.05) is 7.05 Å². The van der Waals surface area contributed by atoms with Gasteiger partial charge in [0.1, 0.15) is 5.69 Å². The second-order valence-electron chi connectivity index (χ2n) is 4.37. The second kappa shape index (κ2) is 5.30. The minimum absolute atomic E-state index is 0.531. The lowest BCUT2D eigenvalue weighted by atomic mass is 10.2. The molecule has 6 nitrogen and oxygen atoms in total. The minimum atomic E-state index is -0.531. The summed E-state index contributed by atoms with van der Waals surface area (Å²) in [4.78, 5) is 0. The third-order valence-electron chi connectivity index (χ3n) is 3.00. The summed E-state index contributed by atoms with van der Waals surface area (Å²) < 4.78 is 3.58. The zero-order valence-electron chi connectivity index (χ0n) is 11.0. The Morgan fingerprint density at radius 3 is 2.78 bits per heavy atom. The predicted molar refractivity (Wildman–Crippen MR) is 67.0 cm³/mol. The fraction of sp³-hybridized carbons (Fsp3) is 0.583. The molecule has 1 unspecified atom stereocenters. The van der Waals surface area contributed by atoms with Gasteiger partial charge in [0.05, 0.1) is 30.2 Å². The summed E-state index contributed by atoms with van der Waals surface area (Å²) >= 11 is 0. The van der Waals surface area contributed by atoms with Gasteiger partial charge in [0.2, 0.25) is 0 Å². The fourth-order valence-corrected chi connectivity index (χ4v) is 1.81. The van der Waals surface area contributed by atoms with Gasteiger partial charge >= 0.3 is 0 Å². The summed E-state index contributed by atoms with van der Waals surface area (Å²) in [6.07, 6.45) is 2.82. The Hall–Kier alpha value is -1.69. The summed E-state index contributed by atoms with van der Waals surface area (Å²) in [6.45, 7) is 4.61. The number of nitrogens with zero attached hydrogens (tertiary/aromatic N) is 5. The molecule has 0 amide bonds. The monoisotopic (exact) mass is 249 g/mol. The SMILES string of the molecule is CCc1cc(Cn2cc(C(O)CC)nn2)n(C)n1. The van der Waals surface area contributed by atoms with Crippen LogP contribution in [0.2, 0.25) is 0 Å². The number of rotatable bonds is 5. The maximum Gasteiger partial charge on any atom is 0.111 e. The number of aliphatic hydroxyl groups excluding tert-OH is 1. The lowest BCUT2D eigenvalue weighted by Gasteiger charge is -2.02. The van der Waals surface area contributed by atoms with Crippen LogP contribution in [0, 0.1) is 0 Å². The van der Waals surface area contributed by atoms with E-state index in [-0.39, 0.29) is 0 Å². The zero-order chi connectivity index (χ0) is 13.1. The molecule has 2 aromatic heterocycles. The molecular formula is C12H19N5O. The number of aliphatic hydroxyl groups is 1. The van der Waals surface area contributed by atoms with Gasteiger partial charge in [-0.2, -0.15) is 5.10 Å². The first-order valence-electron chi connectivity index (χ1n) is 6.23. The molecule has 0 fully saturated rings. The molecule has 0 aliphatic rings. The summed E-state index contributed by atoms with van der Waals surface area (Å²) in [5.41, 5.74) is 2.77. The van der Waals surface area contributed by atoms with Crippen LogP contribution in [-0.4, -0.2) is 29.9 Å². The van der Waals surface area contributed by atoms with Gasteiger partial charge < -0.3 is 5.11 Å². The van der Waals surface area contributed by atoms with Gasteiger partial charge in [-0.1, -0.05) is 19.1 Å². The Labute approximate surface area is 106 Å². The van der Waals surface area contributed by atoms with Crippen molar-refractivity contribution in [3.63, 3.8) is 0 Å². The van der Waals surface area contributed by atoms with Crippen LogP contribution in [0.3, 0.4) is 0 Å². The smallest absolute Gasteiger partial charge is 0.111 e. The van der Waals surface area contributed by atoms with Crippen LogP contribution in [0.1, 0.15) is 43.5 Å². The lowest BCUT2D eigenvalue weighted by molar-refractivity contribution is 0.168. The molecule has 18 heavy (non-hydrogen) atoms. The van der Waals surface area contributed by atoms with Crippen LogP contribution in [0.4, 0.5) is 0 Å². The van der Waals surface area contributed by atoms with E-state index in [1.54, 1.807) is 10.9 Å². The van der Waals surface area contributed by atoms with Crippen LogP contribution >= 0.6 is 0 Å². The Balaban J connectivity index is 2.13. The van der Waals surface area contributed by atoms with Crippen molar-refractivity contribution in [2.45, 2.75) is 39.3 Å². The first kappa shape index (κ1) is 12.8. The molecule has 0 aliphatic carbocycles. The van der Waals surface area contributed by atoms with E-state index in [0.717, 1.165) is 17.8 Å². The number of hydrogen-bond donors (Lipinski definition) is 1. The molecule has 98 valence electrons. The van der Waals surface area contributed by atoms with Crippen LogP contribution in [0.15, 0.2) is 12.3 Å². The largest absolute Gasteiger partial charge is 0.387 e. The van der Waals surface area contributed by atoms with Crippen molar-refractivity contribution in [1.82, 2.24) is 24.8 Å². The van der Waals surface area contributed by atoms with E-state index in [4.69, 9.17) is 0 Å². The normalized spacial score (nSPS) is 12.9. The molecule has 2 heterocycles. The van der Waals surface area contributed by atoms with Crippen LogP contribution < -0.4 is 0 Å². The molecule has 1 atom stereocenters. The molecular weight excluding hydrogens is 230 g/mol. The summed E-state index contributed by atoms with van der Waals surface area (Å²) in [6, 6.07) is 2.07. The first-order valence-corrected chi connectivity index (χ1v) is 6.23. The molecule has 0 saturated carbocycles. The van der Waals surface area contributed by atoms with Gasteiger partial charge in [0.15, 0.2) is 0 Å². The summed E-state index contributed by atoms with van der Waals surface area (Å²) in [5.74, 6) is 0. The zero-order valence-corrected chi connectivity index (χ0v) is 11.0. The van der Waals surface area contributed by atoms with E-state index in [1.807, 2.05) is 18.7 Å². The number of aromatic nitrogens is 5. The van der Waals surface area contributed by atoms with E-state index in [2.05, 4.69) is 28.4 Å². The number of hydrogen-bond acceptors (Lipinski definition) is 4. The number of aryl methyl sites for hydroxylation is 2. The van der Waals surface area contributed by atoms with Crippen molar-refractivity contribution in [2.75, 3.05) is 0 Å². The molecule has 0 radical (unpaired) electrons. The van der Waals surface area contributed by atoms with E-state index < -0.39 is 6.10 Å². The highest BCUT2D eigenvalue weighted by atomic mass is 16.3. The van der Waals surface area contributed by atoms with Crippen molar-refractivity contribution in [1.29, 1.82) is 0 Å². The van der Waals surface area contributed by atoms with E-state index in [0.29, 0.717) is 18.7 Å². The average Bonchev–Trinajstić information content (AvgIpc) is 2.97. The highest BCUT2D eigenvalue weighted by molar-refractivity contribution is 5.10. The van der Waals surface area contributed by atoms with E-state index in [1.165, 1.54) is 0 Å². The van der Waals surface area contributed by atoms with Gasteiger partial charge in [-0.05, 0) is 18.9 Å². The Morgan fingerprint density at radius 2 is 2.17 bits per heavy atom. The molecule has 2 rings (SSSR count). The highest BCUT2D eigenvalue weighted by Gasteiger charge is 2.11. The van der Waals surface area contributed by atoms with Crippen LogP contribution in [-0.2, 0) is 20.0 Å². The molecule has 2 aromatic rings. The van der Waals surface area contributed by atoms with Crippen LogP contribution in [0.25, 0.3) is 0 Å². The third kappa shape index (κ3) is 2.59.